The summed E-state index contributed by atoms with van der Waals surface area (Å²) < 4.78 is 10.6. The van der Waals surface area contributed by atoms with Gasteiger partial charge in [-0.05, 0) is 37.1 Å². The van der Waals surface area contributed by atoms with Gasteiger partial charge in [0.1, 0.15) is 5.75 Å². The van der Waals surface area contributed by atoms with Crippen LogP contribution in [-0.4, -0.2) is 48.8 Å². The minimum atomic E-state index is 0.232. The first-order chi connectivity index (χ1) is 12.2. The smallest absolute Gasteiger partial charge is 0.220 e. The van der Waals surface area contributed by atoms with Crippen molar-refractivity contribution in [1.82, 2.24) is 14.9 Å². The highest BCUT2D eigenvalue weighted by Gasteiger charge is 2.27. The van der Waals surface area contributed by atoms with Crippen LogP contribution in [0.25, 0.3) is 11.1 Å². The molecule has 0 radical (unpaired) electrons. The fourth-order valence-corrected chi connectivity index (χ4v) is 3.45. The summed E-state index contributed by atoms with van der Waals surface area (Å²) in [6, 6.07) is 8.23. The van der Waals surface area contributed by atoms with Gasteiger partial charge < -0.3 is 15.2 Å². The summed E-state index contributed by atoms with van der Waals surface area (Å²) in [5.41, 5.74) is 8.98. The molecule has 0 aliphatic carbocycles. The van der Waals surface area contributed by atoms with Crippen molar-refractivity contribution in [3.63, 3.8) is 0 Å². The molecule has 2 heterocycles. The fourth-order valence-electron chi connectivity index (χ4n) is 3.45. The van der Waals surface area contributed by atoms with Crippen molar-refractivity contribution in [2.24, 2.45) is 0 Å². The quantitative estimate of drug-likeness (QED) is 0.870. The van der Waals surface area contributed by atoms with Gasteiger partial charge in [0.25, 0.3) is 0 Å². The Bertz CT molecular complexity index is 708. The summed E-state index contributed by atoms with van der Waals surface area (Å²) >= 11 is 0. The summed E-state index contributed by atoms with van der Waals surface area (Å²) in [6.07, 6.45) is 5.29. The number of likely N-dealkylation sites (tertiary alicyclic amines) is 1. The van der Waals surface area contributed by atoms with E-state index in [2.05, 4.69) is 20.9 Å². The van der Waals surface area contributed by atoms with Crippen molar-refractivity contribution in [1.29, 1.82) is 0 Å². The molecule has 2 N–H and O–H groups in total. The number of aromatic nitrogens is 2. The third-order valence-corrected chi connectivity index (χ3v) is 4.73. The number of methoxy groups -OCH3 is 2. The Morgan fingerprint density at radius 1 is 1.28 bits per heavy atom. The average molecular weight is 342 g/mol. The maximum Gasteiger partial charge on any atom is 0.220 e. The number of hydrogen-bond donors (Lipinski definition) is 1. The lowest BCUT2D eigenvalue weighted by Gasteiger charge is -2.36. The molecule has 2 aromatic rings. The number of rotatable bonds is 6. The molecule has 6 heteroatoms. The molecule has 6 nitrogen and oxygen atoms in total. The zero-order valence-corrected chi connectivity index (χ0v) is 14.9. The van der Waals surface area contributed by atoms with Crippen LogP contribution in [-0.2, 0) is 4.74 Å². The second kappa shape index (κ2) is 8.27. The molecule has 1 saturated heterocycles. The van der Waals surface area contributed by atoms with Crippen molar-refractivity contribution in [3.8, 4) is 16.9 Å². The maximum absolute atomic E-state index is 5.92. The van der Waals surface area contributed by atoms with Gasteiger partial charge in [-0.15, -0.1) is 0 Å². The standard InChI is InChI=1S/C19H26N4O2/c1-24-11-10-23-9-4-3-8-17(23)18-16(13-21-19(20)22-18)14-6-5-7-15(12-14)25-2/h5-7,12-13,17H,3-4,8-11H2,1-2H3,(H2,20,21,22)/t17-/m0/s1. The topological polar surface area (TPSA) is 73.5 Å². The normalized spacial score (nSPS) is 18.2. The summed E-state index contributed by atoms with van der Waals surface area (Å²) in [7, 11) is 3.41. The van der Waals surface area contributed by atoms with E-state index in [1.807, 2.05) is 24.4 Å². The first-order valence-electron chi connectivity index (χ1n) is 8.72. The number of piperidine rings is 1. The SMILES string of the molecule is COCCN1CCCC[C@H]1c1nc(N)ncc1-c1cccc(OC)c1. The molecule has 134 valence electrons. The Labute approximate surface area is 149 Å². The van der Waals surface area contributed by atoms with E-state index in [1.54, 1.807) is 14.2 Å². The van der Waals surface area contributed by atoms with Gasteiger partial charge >= 0.3 is 0 Å². The number of nitrogen functional groups attached to an aromatic ring is 1. The van der Waals surface area contributed by atoms with Crippen LogP contribution < -0.4 is 10.5 Å². The van der Waals surface area contributed by atoms with E-state index in [9.17, 15) is 0 Å². The van der Waals surface area contributed by atoms with Gasteiger partial charge in [0.2, 0.25) is 5.95 Å². The van der Waals surface area contributed by atoms with Crippen LogP contribution in [0.15, 0.2) is 30.5 Å². The second-order valence-electron chi connectivity index (χ2n) is 6.30. The molecule has 1 atom stereocenters. The van der Waals surface area contributed by atoms with Crippen LogP contribution in [0.3, 0.4) is 0 Å². The lowest BCUT2D eigenvalue weighted by molar-refractivity contribution is 0.0945. The minimum absolute atomic E-state index is 0.232. The van der Waals surface area contributed by atoms with Gasteiger partial charge in [-0.25, -0.2) is 9.97 Å². The highest BCUT2D eigenvalue weighted by molar-refractivity contribution is 5.67. The largest absolute Gasteiger partial charge is 0.497 e. The molecule has 1 aliphatic heterocycles. The lowest BCUT2D eigenvalue weighted by atomic mass is 9.94. The molecule has 3 rings (SSSR count). The molecule has 1 fully saturated rings. The molecule has 0 saturated carbocycles. The molecular formula is C19H26N4O2. The Hall–Kier alpha value is -2.18. The average Bonchev–Trinajstić information content (AvgIpc) is 2.66. The number of nitrogens with two attached hydrogens (primary N) is 1. The Morgan fingerprint density at radius 2 is 2.16 bits per heavy atom. The Morgan fingerprint density at radius 3 is 2.96 bits per heavy atom. The van der Waals surface area contributed by atoms with Crippen LogP contribution in [0.2, 0.25) is 0 Å². The summed E-state index contributed by atoms with van der Waals surface area (Å²) in [6.45, 7) is 2.66. The zero-order chi connectivity index (χ0) is 17.6. The monoisotopic (exact) mass is 342 g/mol. The van der Waals surface area contributed by atoms with Gasteiger partial charge in [0.15, 0.2) is 0 Å². The fraction of sp³-hybridized carbons (Fsp3) is 0.474. The molecule has 0 spiro atoms. The number of nitrogens with zero attached hydrogens (tertiary/aromatic N) is 3. The molecule has 1 aromatic heterocycles. The third kappa shape index (κ3) is 4.08. The van der Waals surface area contributed by atoms with Gasteiger partial charge in [-0.3, -0.25) is 4.90 Å². The third-order valence-electron chi connectivity index (χ3n) is 4.73. The molecule has 0 unspecified atom stereocenters. The van der Waals surface area contributed by atoms with Gasteiger partial charge in [0, 0.05) is 25.4 Å². The molecule has 0 bridgehead atoms. The zero-order valence-electron chi connectivity index (χ0n) is 14.9. The summed E-state index contributed by atoms with van der Waals surface area (Å²) in [4.78, 5) is 11.3. The Balaban J connectivity index is 2.00. The van der Waals surface area contributed by atoms with E-state index in [0.717, 1.165) is 42.1 Å². The molecule has 25 heavy (non-hydrogen) atoms. The summed E-state index contributed by atoms with van der Waals surface area (Å²) in [5.74, 6) is 1.14. The molecular weight excluding hydrogens is 316 g/mol. The van der Waals surface area contributed by atoms with Gasteiger partial charge in [-0.1, -0.05) is 18.6 Å². The van der Waals surface area contributed by atoms with E-state index < -0.39 is 0 Å². The van der Waals surface area contributed by atoms with Crippen molar-refractivity contribution < 1.29 is 9.47 Å². The van der Waals surface area contributed by atoms with Gasteiger partial charge in [0.05, 0.1) is 25.5 Å². The first-order valence-corrected chi connectivity index (χ1v) is 8.72. The van der Waals surface area contributed by atoms with Crippen LogP contribution >= 0.6 is 0 Å². The van der Waals surface area contributed by atoms with E-state index in [0.29, 0.717) is 12.6 Å². The number of benzene rings is 1. The van der Waals surface area contributed by atoms with E-state index in [1.165, 1.54) is 12.8 Å². The summed E-state index contributed by atoms with van der Waals surface area (Å²) in [5, 5.41) is 0. The maximum atomic E-state index is 5.92. The van der Waals surface area contributed by atoms with Gasteiger partial charge in [-0.2, -0.15) is 0 Å². The van der Waals surface area contributed by atoms with Crippen molar-refractivity contribution in [2.45, 2.75) is 25.3 Å². The van der Waals surface area contributed by atoms with E-state index in [-0.39, 0.29) is 6.04 Å². The highest BCUT2D eigenvalue weighted by Crippen LogP contribution is 2.36. The molecule has 1 aromatic carbocycles. The highest BCUT2D eigenvalue weighted by atomic mass is 16.5. The Kier molecular flexibility index (Phi) is 5.83. The first kappa shape index (κ1) is 17.6. The second-order valence-corrected chi connectivity index (χ2v) is 6.30. The van der Waals surface area contributed by atoms with Crippen LogP contribution in [0, 0.1) is 0 Å². The van der Waals surface area contributed by atoms with E-state index in [4.69, 9.17) is 15.2 Å². The predicted octanol–water partition coefficient (Wildman–Crippen LogP) is 2.91. The molecule has 0 amide bonds. The van der Waals surface area contributed by atoms with Crippen molar-refractivity contribution in [3.05, 3.63) is 36.2 Å². The predicted molar refractivity (Wildman–Crippen MR) is 98.5 cm³/mol. The lowest BCUT2D eigenvalue weighted by Crippen LogP contribution is -2.36. The van der Waals surface area contributed by atoms with Crippen LogP contribution in [0.4, 0.5) is 5.95 Å². The van der Waals surface area contributed by atoms with Crippen LogP contribution in [0.5, 0.6) is 5.75 Å². The van der Waals surface area contributed by atoms with E-state index >= 15 is 0 Å². The van der Waals surface area contributed by atoms with Crippen LogP contribution in [0.1, 0.15) is 31.0 Å². The van der Waals surface area contributed by atoms with Crippen molar-refractivity contribution in [2.75, 3.05) is 39.6 Å². The number of anilines is 1. The number of hydrogen-bond acceptors (Lipinski definition) is 6. The molecule has 1 aliphatic rings. The van der Waals surface area contributed by atoms with Crippen molar-refractivity contribution >= 4 is 5.95 Å². The minimum Gasteiger partial charge on any atom is -0.497 e. The number of ether oxygens (including phenoxy) is 2.